The summed E-state index contributed by atoms with van der Waals surface area (Å²) in [5, 5.41) is 10.6. The lowest BCUT2D eigenvalue weighted by molar-refractivity contribution is -0.161. The van der Waals surface area contributed by atoms with Crippen LogP contribution in [0.1, 0.15) is 364 Å². The summed E-state index contributed by atoms with van der Waals surface area (Å²) in [7, 11) is -9.91. The van der Waals surface area contributed by atoms with Crippen molar-refractivity contribution in [2.24, 2.45) is 23.7 Å². The predicted molar refractivity (Wildman–Crippen MR) is 372 cm³/mol. The Morgan fingerprint density at radius 2 is 0.457 bits per heavy atom. The van der Waals surface area contributed by atoms with Crippen LogP contribution in [-0.4, -0.2) is 96.7 Å². The largest absolute Gasteiger partial charge is 0.472 e. The fourth-order valence-corrected chi connectivity index (χ4v) is 12.6. The number of phosphoric acid groups is 2. The molecule has 5 atom stereocenters. The Balaban J connectivity index is 5.23. The average molecular weight is 1350 g/mol. The van der Waals surface area contributed by atoms with Gasteiger partial charge in [0.25, 0.3) is 0 Å². The second-order valence-corrected chi connectivity index (χ2v) is 31.1. The molecule has 0 aliphatic rings. The van der Waals surface area contributed by atoms with E-state index >= 15 is 0 Å². The number of phosphoric ester groups is 2. The van der Waals surface area contributed by atoms with Gasteiger partial charge in [-0.3, -0.25) is 37.3 Å². The van der Waals surface area contributed by atoms with Gasteiger partial charge in [0.2, 0.25) is 0 Å². The molecule has 0 amide bonds. The quantitative estimate of drug-likeness (QED) is 0.0222. The normalized spacial score (nSPS) is 14.2. The first-order valence-electron chi connectivity index (χ1n) is 37.7. The molecule has 0 saturated carbocycles. The molecule has 0 saturated heterocycles. The van der Waals surface area contributed by atoms with Crippen molar-refractivity contribution in [1.82, 2.24) is 0 Å². The zero-order valence-electron chi connectivity index (χ0n) is 60.2. The van der Waals surface area contributed by atoms with Crippen molar-refractivity contribution in [2.45, 2.75) is 382 Å². The maximum absolute atomic E-state index is 13.1. The molecule has 0 aromatic heterocycles. The Morgan fingerprint density at radius 3 is 0.674 bits per heavy atom. The lowest BCUT2D eigenvalue weighted by Crippen LogP contribution is -2.30. The molecule has 92 heavy (non-hydrogen) atoms. The smallest absolute Gasteiger partial charge is 0.462 e. The van der Waals surface area contributed by atoms with E-state index in [0.29, 0.717) is 31.6 Å². The molecule has 0 rings (SSSR count). The summed E-state index contributed by atoms with van der Waals surface area (Å²) in [5.41, 5.74) is 0. The van der Waals surface area contributed by atoms with E-state index in [1.165, 1.54) is 167 Å². The van der Waals surface area contributed by atoms with Crippen LogP contribution in [0.3, 0.4) is 0 Å². The van der Waals surface area contributed by atoms with Gasteiger partial charge in [0, 0.05) is 25.7 Å². The molecule has 0 radical (unpaired) electrons. The zero-order chi connectivity index (χ0) is 68.2. The molecule has 0 spiro atoms. The van der Waals surface area contributed by atoms with Crippen molar-refractivity contribution in [3.05, 3.63) is 0 Å². The molecule has 0 aromatic rings. The summed E-state index contributed by atoms with van der Waals surface area (Å²) in [6.07, 6.45) is 45.9. The summed E-state index contributed by atoms with van der Waals surface area (Å²) in [5.74, 6) is 0.859. The van der Waals surface area contributed by atoms with Gasteiger partial charge in [0.1, 0.15) is 19.3 Å². The van der Waals surface area contributed by atoms with Crippen LogP contribution in [0.15, 0.2) is 0 Å². The molecule has 17 nitrogen and oxygen atoms in total. The van der Waals surface area contributed by atoms with E-state index in [2.05, 4.69) is 55.4 Å². The van der Waals surface area contributed by atoms with Gasteiger partial charge in [-0.25, -0.2) is 9.13 Å². The minimum absolute atomic E-state index is 0.102. The fraction of sp³-hybridized carbons (Fsp3) is 0.945. The highest BCUT2D eigenvalue weighted by atomic mass is 31.2. The molecule has 0 bridgehead atoms. The Hall–Kier alpha value is -1.94. The van der Waals surface area contributed by atoms with E-state index < -0.39 is 97.5 Å². The molecule has 0 aromatic carbocycles. The van der Waals surface area contributed by atoms with Gasteiger partial charge >= 0.3 is 39.5 Å². The van der Waals surface area contributed by atoms with Crippen molar-refractivity contribution in [2.75, 3.05) is 39.6 Å². The van der Waals surface area contributed by atoms with E-state index in [1.54, 1.807) is 0 Å². The SMILES string of the molecule is CC(C)CCCCCCCCCCCCCCCCC(=O)OC[C@H](COP(=O)(O)OCC(O)COP(=O)(O)OC[C@@H](COC(=O)CCCCCCCCCCC(C)C)OC(=O)CCCCCCCCCC(C)C)OC(=O)CCCCCCCCCCCCCC(C)C. The highest BCUT2D eigenvalue weighted by Gasteiger charge is 2.30. The van der Waals surface area contributed by atoms with Crippen LogP contribution in [0.25, 0.3) is 0 Å². The third kappa shape index (κ3) is 66.7. The van der Waals surface area contributed by atoms with E-state index in [0.717, 1.165) is 108 Å². The van der Waals surface area contributed by atoms with E-state index in [-0.39, 0.29) is 25.7 Å². The Morgan fingerprint density at radius 1 is 0.272 bits per heavy atom. The number of unbranched alkanes of at least 4 members (excludes halogenated alkanes) is 36. The third-order valence-corrected chi connectivity index (χ3v) is 18.7. The van der Waals surface area contributed by atoms with Crippen LogP contribution in [0.5, 0.6) is 0 Å². The van der Waals surface area contributed by atoms with Gasteiger partial charge in [0.15, 0.2) is 12.2 Å². The van der Waals surface area contributed by atoms with Crippen LogP contribution in [0.4, 0.5) is 0 Å². The van der Waals surface area contributed by atoms with Crippen LogP contribution in [0.2, 0.25) is 0 Å². The minimum atomic E-state index is -4.96. The van der Waals surface area contributed by atoms with Gasteiger partial charge in [0.05, 0.1) is 26.4 Å². The van der Waals surface area contributed by atoms with Crippen LogP contribution in [-0.2, 0) is 65.4 Å². The predicted octanol–water partition coefficient (Wildman–Crippen LogP) is 20.9. The standard InChI is InChI=1S/C73H142O17P2/c1-63(2)49-41-33-25-18-14-11-9-10-12-16-20-29-37-45-53-70(75)83-59-68(89-72(77)55-47-39-31-21-17-13-15-19-26-34-42-50-64(3)4)61-87-91(79,80)85-57-67(74)58-86-92(81,82)88-62-69(90-73(78)56-48-40-32-24-28-36-44-52-66(7)8)60-84-71(76)54-46-38-30-23-22-27-35-43-51-65(5)6/h63-69,74H,9-62H2,1-8H3,(H,79,80)(H,81,82)/t67?,68-,69-/m1/s1. The zero-order valence-corrected chi connectivity index (χ0v) is 62.0. The molecule has 3 unspecified atom stereocenters. The molecule has 546 valence electrons. The monoisotopic (exact) mass is 1350 g/mol. The van der Waals surface area contributed by atoms with Crippen molar-refractivity contribution < 1.29 is 80.2 Å². The molecule has 0 aliphatic carbocycles. The summed E-state index contributed by atoms with van der Waals surface area (Å²) >= 11 is 0. The Labute approximate surface area is 562 Å². The topological polar surface area (TPSA) is 237 Å². The first-order chi connectivity index (χ1) is 44.1. The summed E-state index contributed by atoms with van der Waals surface area (Å²) in [6.45, 7) is 14.1. The highest BCUT2D eigenvalue weighted by Crippen LogP contribution is 2.45. The van der Waals surface area contributed by atoms with Crippen LogP contribution in [0, 0.1) is 23.7 Å². The number of carbonyl (C=O) groups is 4. The highest BCUT2D eigenvalue weighted by molar-refractivity contribution is 7.47. The number of aliphatic hydroxyl groups excluding tert-OH is 1. The Bertz CT molecular complexity index is 1820. The lowest BCUT2D eigenvalue weighted by atomic mass is 10.0. The van der Waals surface area contributed by atoms with Gasteiger partial charge in [-0.05, 0) is 49.4 Å². The number of carbonyl (C=O) groups excluding carboxylic acids is 4. The number of rotatable bonds is 70. The van der Waals surface area contributed by atoms with E-state index in [4.69, 9.17) is 37.0 Å². The van der Waals surface area contributed by atoms with Crippen molar-refractivity contribution >= 4 is 39.5 Å². The summed E-state index contributed by atoms with van der Waals surface area (Å²) < 4.78 is 68.4. The molecule has 0 heterocycles. The second kappa shape index (κ2) is 62.6. The first-order valence-corrected chi connectivity index (χ1v) is 40.7. The van der Waals surface area contributed by atoms with Crippen molar-refractivity contribution in [3.63, 3.8) is 0 Å². The molecular formula is C73H142O17P2. The first kappa shape index (κ1) is 90.1. The van der Waals surface area contributed by atoms with E-state index in [9.17, 15) is 43.2 Å². The molecule has 19 heteroatoms. The second-order valence-electron chi connectivity index (χ2n) is 28.2. The van der Waals surface area contributed by atoms with Crippen LogP contribution >= 0.6 is 15.6 Å². The van der Waals surface area contributed by atoms with Gasteiger partial charge in [-0.15, -0.1) is 0 Å². The number of hydrogen-bond donors (Lipinski definition) is 3. The van der Waals surface area contributed by atoms with Gasteiger partial charge in [-0.2, -0.15) is 0 Å². The summed E-state index contributed by atoms with van der Waals surface area (Å²) in [6, 6.07) is 0. The average Bonchev–Trinajstić information content (AvgIpc) is 3.33. The van der Waals surface area contributed by atoms with Gasteiger partial charge < -0.3 is 33.8 Å². The maximum atomic E-state index is 13.1. The fourth-order valence-electron chi connectivity index (χ4n) is 11.0. The molecule has 0 fully saturated rings. The molecule has 0 aliphatic heterocycles. The number of aliphatic hydroxyl groups is 1. The number of hydrogen-bond acceptors (Lipinski definition) is 15. The lowest BCUT2D eigenvalue weighted by Gasteiger charge is -2.21. The maximum Gasteiger partial charge on any atom is 0.472 e. The van der Waals surface area contributed by atoms with Crippen LogP contribution < -0.4 is 0 Å². The van der Waals surface area contributed by atoms with E-state index in [1.807, 2.05) is 0 Å². The number of esters is 4. The van der Waals surface area contributed by atoms with Crippen molar-refractivity contribution in [1.29, 1.82) is 0 Å². The summed E-state index contributed by atoms with van der Waals surface area (Å²) in [4.78, 5) is 72.6. The third-order valence-electron chi connectivity index (χ3n) is 16.8. The number of ether oxygens (including phenoxy) is 4. The van der Waals surface area contributed by atoms with Crippen molar-refractivity contribution in [3.8, 4) is 0 Å². The van der Waals surface area contributed by atoms with Gasteiger partial charge in [-0.1, -0.05) is 312 Å². The molecule has 3 N–H and O–H groups in total. The minimum Gasteiger partial charge on any atom is -0.462 e. The molecular weight excluding hydrogens is 1210 g/mol. The Kier molecular flexibility index (Phi) is 61.3.